The van der Waals surface area contributed by atoms with Crippen molar-refractivity contribution in [3.8, 4) is 17.3 Å². The van der Waals surface area contributed by atoms with Crippen molar-refractivity contribution in [2.75, 3.05) is 0 Å². The van der Waals surface area contributed by atoms with Crippen molar-refractivity contribution >= 4 is 27.3 Å². The molecular formula is C15H12N6S. The lowest BCUT2D eigenvalue weighted by Gasteiger charge is -1.99. The summed E-state index contributed by atoms with van der Waals surface area (Å²) in [4.78, 5) is 9.71. The molecule has 3 aromatic heterocycles. The Morgan fingerprint density at radius 1 is 1.36 bits per heavy atom. The largest absolute Gasteiger partial charge is 0.334 e. The molecule has 4 aromatic rings. The van der Waals surface area contributed by atoms with Crippen molar-refractivity contribution in [3.63, 3.8) is 0 Å². The van der Waals surface area contributed by atoms with Gasteiger partial charge in [-0.2, -0.15) is 14.9 Å². The van der Waals surface area contributed by atoms with Gasteiger partial charge >= 0.3 is 0 Å². The zero-order valence-corrected chi connectivity index (χ0v) is 12.9. The van der Waals surface area contributed by atoms with E-state index in [2.05, 4.69) is 21.1 Å². The van der Waals surface area contributed by atoms with Gasteiger partial charge in [-0.3, -0.25) is 0 Å². The Labute approximate surface area is 130 Å². The molecule has 0 amide bonds. The summed E-state index contributed by atoms with van der Waals surface area (Å²) >= 11 is 1.52. The zero-order valence-electron chi connectivity index (χ0n) is 12.1. The zero-order chi connectivity index (χ0) is 15.3. The van der Waals surface area contributed by atoms with Crippen LogP contribution < -0.4 is 0 Å². The van der Waals surface area contributed by atoms with E-state index in [0.29, 0.717) is 11.4 Å². The van der Waals surface area contributed by atoms with Gasteiger partial charge < -0.3 is 4.57 Å². The third-order valence-electron chi connectivity index (χ3n) is 3.65. The van der Waals surface area contributed by atoms with Crippen LogP contribution in [-0.4, -0.2) is 24.1 Å². The summed E-state index contributed by atoms with van der Waals surface area (Å²) in [5.41, 5.74) is 3.97. The number of nitriles is 1. The Balaban J connectivity index is 1.95. The van der Waals surface area contributed by atoms with Crippen molar-refractivity contribution in [1.29, 1.82) is 5.26 Å². The molecule has 1 aromatic carbocycles. The number of rotatable bonds is 2. The molecule has 0 atom stereocenters. The van der Waals surface area contributed by atoms with Gasteiger partial charge in [0.05, 0.1) is 17.4 Å². The first-order valence-corrected chi connectivity index (χ1v) is 7.73. The van der Waals surface area contributed by atoms with Gasteiger partial charge in [0.2, 0.25) is 4.96 Å². The third kappa shape index (κ3) is 1.74. The molecule has 0 aliphatic heterocycles. The summed E-state index contributed by atoms with van der Waals surface area (Å²) in [6.07, 6.45) is 2.62. The Bertz CT molecular complexity index is 1050. The number of hydrogen-bond acceptors (Lipinski definition) is 5. The lowest BCUT2D eigenvalue weighted by Crippen LogP contribution is -1.92. The SMILES string of the molecule is CCc1nn2c(C#N)c(-c3ccc4c(c3)ncn4C)nc2s1. The van der Waals surface area contributed by atoms with Gasteiger partial charge in [-0.05, 0) is 18.6 Å². The fraction of sp³-hybridized carbons (Fsp3) is 0.200. The lowest BCUT2D eigenvalue weighted by atomic mass is 10.1. The average molecular weight is 308 g/mol. The van der Waals surface area contributed by atoms with Crippen LogP contribution in [0.15, 0.2) is 24.5 Å². The van der Waals surface area contributed by atoms with Crippen molar-refractivity contribution in [2.24, 2.45) is 7.05 Å². The first-order chi connectivity index (χ1) is 10.7. The number of aromatic nitrogens is 5. The van der Waals surface area contributed by atoms with Crippen molar-refractivity contribution in [2.45, 2.75) is 13.3 Å². The van der Waals surface area contributed by atoms with Crippen LogP contribution in [0.4, 0.5) is 0 Å². The first-order valence-electron chi connectivity index (χ1n) is 6.91. The Kier molecular flexibility index (Phi) is 2.74. The molecule has 7 heteroatoms. The molecule has 3 heterocycles. The van der Waals surface area contributed by atoms with Crippen molar-refractivity contribution in [1.82, 2.24) is 24.1 Å². The van der Waals surface area contributed by atoms with E-state index >= 15 is 0 Å². The quantitative estimate of drug-likeness (QED) is 0.571. The number of imidazole rings is 2. The summed E-state index contributed by atoms with van der Waals surface area (Å²) in [6, 6.07) is 8.16. The van der Waals surface area contributed by atoms with Gasteiger partial charge in [0.15, 0.2) is 5.69 Å². The van der Waals surface area contributed by atoms with E-state index in [1.165, 1.54) is 11.3 Å². The summed E-state index contributed by atoms with van der Waals surface area (Å²) in [5, 5.41) is 14.9. The van der Waals surface area contributed by atoms with Crippen LogP contribution in [0, 0.1) is 11.3 Å². The molecule has 0 aliphatic carbocycles. The van der Waals surface area contributed by atoms with Gasteiger partial charge in [0.1, 0.15) is 16.8 Å². The van der Waals surface area contributed by atoms with Gasteiger partial charge in [0.25, 0.3) is 0 Å². The predicted molar refractivity (Wildman–Crippen MR) is 84.7 cm³/mol. The Morgan fingerprint density at radius 2 is 2.23 bits per heavy atom. The molecule has 0 N–H and O–H groups in total. The van der Waals surface area contributed by atoms with Crippen LogP contribution in [0.3, 0.4) is 0 Å². The molecule has 0 fully saturated rings. The molecule has 0 unspecified atom stereocenters. The van der Waals surface area contributed by atoms with E-state index in [9.17, 15) is 5.26 Å². The van der Waals surface area contributed by atoms with Gasteiger partial charge in [-0.1, -0.05) is 24.3 Å². The van der Waals surface area contributed by atoms with Crippen LogP contribution in [0.2, 0.25) is 0 Å². The fourth-order valence-corrected chi connectivity index (χ4v) is 3.35. The van der Waals surface area contributed by atoms with E-state index < -0.39 is 0 Å². The second kappa shape index (κ2) is 4.64. The highest BCUT2D eigenvalue weighted by atomic mass is 32.1. The minimum Gasteiger partial charge on any atom is -0.334 e. The third-order valence-corrected chi connectivity index (χ3v) is 4.71. The van der Waals surface area contributed by atoms with Gasteiger partial charge in [-0.25, -0.2) is 9.97 Å². The average Bonchev–Trinajstić information content (AvgIpc) is 3.19. The van der Waals surface area contributed by atoms with Gasteiger partial charge in [-0.15, -0.1) is 0 Å². The molecule has 4 rings (SSSR count). The standard InChI is InChI=1S/C15H12N6S/c1-3-13-19-21-12(7-16)14(18-15(21)22-13)9-4-5-11-10(6-9)17-8-20(11)2/h4-6,8H,3H2,1-2H3. The maximum atomic E-state index is 9.50. The molecule has 108 valence electrons. The van der Waals surface area contributed by atoms with E-state index in [1.807, 2.05) is 36.7 Å². The number of benzene rings is 1. The molecule has 0 bridgehead atoms. The normalized spacial score (nSPS) is 11.3. The number of hydrogen-bond donors (Lipinski definition) is 0. The minimum atomic E-state index is 0.473. The fourth-order valence-electron chi connectivity index (χ4n) is 2.52. The second-order valence-corrected chi connectivity index (χ2v) is 6.06. The molecule has 0 saturated heterocycles. The van der Waals surface area contributed by atoms with Gasteiger partial charge in [0, 0.05) is 12.6 Å². The second-order valence-electron chi connectivity index (χ2n) is 5.02. The minimum absolute atomic E-state index is 0.473. The Hall–Kier alpha value is -2.72. The topological polar surface area (TPSA) is 71.8 Å². The lowest BCUT2D eigenvalue weighted by molar-refractivity contribution is 0.899. The van der Waals surface area contributed by atoms with E-state index in [0.717, 1.165) is 33.0 Å². The van der Waals surface area contributed by atoms with Crippen LogP contribution in [0.1, 0.15) is 17.6 Å². The molecule has 0 radical (unpaired) electrons. The maximum absolute atomic E-state index is 9.50. The highest BCUT2D eigenvalue weighted by Gasteiger charge is 2.18. The Morgan fingerprint density at radius 3 is 3.00 bits per heavy atom. The first kappa shape index (κ1) is 13.0. The predicted octanol–water partition coefficient (Wildman–Crippen LogP) is 2.78. The summed E-state index contributed by atoms with van der Waals surface area (Å²) in [7, 11) is 1.96. The van der Waals surface area contributed by atoms with Crippen LogP contribution >= 0.6 is 11.3 Å². The molecule has 22 heavy (non-hydrogen) atoms. The summed E-state index contributed by atoms with van der Waals surface area (Å²) in [6.45, 7) is 2.04. The molecule has 0 aliphatic rings. The van der Waals surface area contributed by atoms with Crippen molar-refractivity contribution in [3.05, 3.63) is 35.2 Å². The maximum Gasteiger partial charge on any atom is 0.214 e. The number of nitrogens with zero attached hydrogens (tertiary/aromatic N) is 6. The van der Waals surface area contributed by atoms with E-state index in [4.69, 9.17) is 0 Å². The van der Waals surface area contributed by atoms with Crippen molar-refractivity contribution < 1.29 is 0 Å². The molecule has 6 nitrogen and oxygen atoms in total. The smallest absolute Gasteiger partial charge is 0.214 e. The number of fused-ring (bicyclic) bond motifs is 2. The molecular weight excluding hydrogens is 296 g/mol. The van der Waals surface area contributed by atoms with Crippen LogP contribution in [0.5, 0.6) is 0 Å². The highest BCUT2D eigenvalue weighted by molar-refractivity contribution is 7.16. The highest BCUT2D eigenvalue weighted by Crippen LogP contribution is 2.28. The van der Waals surface area contributed by atoms with Crippen LogP contribution in [0.25, 0.3) is 27.3 Å². The van der Waals surface area contributed by atoms with E-state index in [1.54, 1.807) is 10.8 Å². The summed E-state index contributed by atoms with van der Waals surface area (Å²) < 4.78 is 3.60. The molecule has 0 spiro atoms. The number of aryl methyl sites for hydroxylation is 2. The van der Waals surface area contributed by atoms with E-state index in [-0.39, 0.29) is 0 Å². The summed E-state index contributed by atoms with van der Waals surface area (Å²) in [5.74, 6) is 0. The van der Waals surface area contributed by atoms with Crippen LogP contribution in [-0.2, 0) is 13.5 Å². The molecule has 0 saturated carbocycles. The monoisotopic (exact) mass is 308 g/mol.